The molecular formula is C22H40N2O3. The van der Waals surface area contributed by atoms with Gasteiger partial charge in [-0.1, -0.05) is 33.1 Å². The lowest BCUT2D eigenvalue weighted by molar-refractivity contribution is -0.150. The van der Waals surface area contributed by atoms with E-state index in [1.165, 1.54) is 19.3 Å². The lowest BCUT2D eigenvalue weighted by Gasteiger charge is -2.47. The van der Waals surface area contributed by atoms with Crippen LogP contribution in [0.15, 0.2) is 0 Å². The fourth-order valence-corrected chi connectivity index (χ4v) is 4.75. The number of aliphatic hydroxyl groups excluding tert-OH is 1. The van der Waals surface area contributed by atoms with E-state index in [1.54, 1.807) is 0 Å². The summed E-state index contributed by atoms with van der Waals surface area (Å²) in [5, 5.41) is 13.2. The molecule has 0 aromatic rings. The zero-order valence-electron chi connectivity index (χ0n) is 18.0. The number of hydrogen-bond acceptors (Lipinski definition) is 3. The van der Waals surface area contributed by atoms with Gasteiger partial charge in [0.1, 0.15) is 6.04 Å². The molecule has 2 rings (SSSR count). The molecule has 2 fully saturated rings. The van der Waals surface area contributed by atoms with Gasteiger partial charge in [-0.15, -0.1) is 0 Å². The second-order valence-corrected chi connectivity index (χ2v) is 9.69. The van der Waals surface area contributed by atoms with E-state index in [9.17, 15) is 14.7 Å². The van der Waals surface area contributed by atoms with Crippen molar-refractivity contribution in [2.24, 2.45) is 17.8 Å². The zero-order chi connectivity index (χ0) is 20.2. The van der Waals surface area contributed by atoms with Crippen LogP contribution in [0, 0.1) is 17.8 Å². The van der Waals surface area contributed by atoms with Gasteiger partial charge in [-0.2, -0.15) is 0 Å². The molecule has 0 radical (unpaired) electrons. The summed E-state index contributed by atoms with van der Waals surface area (Å²) in [6.45, 7) is 10.6. The van der Waals surface area contributed by atoms with Crippen LogP contribution in [0.25, 0.3) is 0 Å². The van der Waals surface area contributed by atoms with Crippen molar-refractivity contribution in [2.45, 2.75) is 104 Å². The molecule has 2 N–H and O–H groups in total. The minimum absolute atomic E-state index is 0.0224. The van der Waals surface area contributed by atoms with Crippen LogP contribution in [0.3, 0.4) is 0 Å². The maximum Gasteiger partial charge on any atom is 0.243 e. The molecule has 5 nitrogen and oxygen atoms in total. The first-order valence-electron chi connectivity index (χ1n) is 11.0. The number of rotatable bonds is 6. The van der Waals surface area contributed by atoms with E-state index in [0.717, 1.165) is 12.8 Å². The SMILES string of the molecule is CC[C@@H](O)C[C@@H](CC)C(=O)N1C[C@H]2CCCC[C@H]2C[C@H]1C(=O)NC(C)(C)C. The third kappa shape index (κ3) is 5.94. The molecule has 27 heavy (non-hydrogen) atoms. The van der Waals surface area contributed by atoms with Gasteiger partial charge in [0.2, 0.25) is 11.8 Å². The fourth-order valence-electron chi connectivity index (χ4n) is 4.75. The van der Waals surface area contributed by atoms with E-state index in [1.807, 2.05) is 39.5 Å². The van der Waals surface area contributed by atoms with Gasteiger partial charge in [-0.3, -0.25) is 9.59 Å². The van der Waals surface area contributed by atoms with E-state index < -0.39 is 6.10 Å². The maximum absolute atomic E-state index is 13.4. The molecule has 156 valence electrons. The van der Waals surface area contributed by atoms with Crippen molar-refractivity contribution < 1.29 is 14.7 Å². The highest BCUT2D eigenvalue weighted by Crippen LogP contribution is 2.39. The van der Waals surface area contributed by atoms with Crippen LogP contribution in [-0.2, 0) is 9.59 Å². The van der Waals surface area contributed by atoms with Gasteiger partial charge in [0, 0.05) is 18.0 Å². The number of amides is 2. The molecule has 0 unspecified atom stereocenters. The van der Waals surface area contributed by atoms with Crippen molar-refractivity contribution in [3.63, 3.8) is 0 Å². The van der Waals surface area contributed by atoms with Crippen LogP contribution in [0.1, 0.15) is 86.0 Å². The Morgan fingerprint density at radius 1 is 1.11 bits per heavy atom. The van der Waals surface area contributed by atoms with Crippen molar-refractivity contribution in [1.82, 2.24) is 10.2 Å². The number of piperidine rings is 1. The quantitative estimate of drug-likeness (QED) is 0.741. The highest BCUT2D eigenvalue weighted by molar-refractivity contribution is 5.89. The largest absolute Gasteiger partial charge is 0.393 e. The third-order valence-electron chi connectivity index (χ3n) is 6.35. The molecule has 0 aromatic carbocycles. The van der Waals surface area contributed by atoms with Gasteiger partial charge in [-0.25, -0.2) is 0 Å². The summed E-state index contributed by atoms with van der Waals surface area (Å²) in [7, 11) is 0. The molecule has 5 heteroatoms. The number of hydrogen-bond donors (Lipinski definition) is 2. The molecule has 1 saturated heterocycles. The average Bonchev–Trinajstić information content (AvgIpc) is 2.62. The molecule has 5 atom stereocenters. The average molecular weight is 381 g/mol. The minimum atomic E-state index is -0.451. The molecule has 0 spiro atoms. The summed E-state index contributed by atoms with van der Waals surface area (Å²) >= 11 is 0. The van der Waals surface area contributed by atoms with Gasteiger partial charge in [0.15, 0.2) is 0 Å². The molecule has 1 aliphatic carbocycles. The van der Waals surface area contributed by atoms with Gasteiger partial charge < -0.3 is 15.3 Å². The smallest absolute Gasteiger partial charge is 0.243 e. The van der Waals surface area contributed by atoms with Crippen molar-refractivity contribution in [2.75, 3.05) is 6.54 Å². The molecular weight excluding hydrogens is 340 g/mol. The van der Waals surface area contributed by atoms with Crippen LogP contribution in [0.2, 0.25) is 0 Å². The molecule has 1 heterocycles. The Hall–Kier alpha value is -1.10. The summed E-state index contributed by atoms with van der Waals surface area (Å²) in [5.41, 5.74) is -0.308. The number of aliphatic hydroxyl groups is 1. The predicted molar refractivity (Wildman–Crippen MR) is 108 cm³/mol. The second kappa shape index (κ2) is 9.40. The van der Waals surface area contributed by atoms with Crippen LogP contribution in [-0.4, -0.2) is 46.1 Å². The highest BCUT2D eigenvalue weighted by Gasteiger charge is 2.43. The number of carbonyl (C=O) groups excluding carboxylic acids is 2. The van der Waals surface area contributed by atoms with E-state index in [4.69, 9.17) is 0 Å². The normalized spacial score (nSPS) is 28.2. The van der Waals surface area contributed by atoms with Crippen molar-refractivity contribution >= 4 is 11.8 Å². The summed E-state index contributed by atoms with van der Waals surface area (Å²) in [6.07, 6.45) is 6.99. The summed E-state index contributed by atoms with van der Waals surface area (Å²) < 4.78 is 0. The van der Waals surface area contributed by atoms with Gasteiger partial charge >= 0.3 is 0 Å². The Bertz CT molecular complexity index is 514. The lowest BCUT2D eigenvalue weighted by Crippen LogP contribution is -2.60. The zero-order valence-corrected chi connectivity index (χ0v) is 18.0. The lowest BCUT2D eigenvalue weighted by atomic mass is 9.72. The van der Waals surface area contributed by atoms with Crippen LogP contribution >= 0.6 is 0 Å². The number of carbonyl (C=O) groups is 2. The van der Waals surface area contributed by atoms with E-state index in [-0.39, 0.29) is 29.3 Å². The minimum Gasteiger partial charge on any atom is -0.393 e. The van der Waals surface area contributed by atoms with Crippen molar-refractivity contribution in [3.8, 4) is 0 Å². The summed E-state index contributed by atoms with van der Waals surface area (Å²) in [6, 6.07) is -0.371. The number of nitrogens with zero attached hydrogens (tertiary/aromatic N) is 1. The van der Waals surface area contributed by atoms with E-state index in [0.29, 0.717) is 37.6 Å². The Balaban J connectivity index is 2.20. The molecule has 0 aromatic heterocycles. The van der Waals surface area contributed by atoms with Gasteiger partial charge in [0.05, 0.1) is 6.10 Å². The van der Waals surface area contributed by atoms with Crippen molar-refractivity contribution in [3.05, 3.63) is 0 Å². The van der Waals surface area contributed by atoms with Crippen LogP contribution in [0.5, 0.6) is 0 Å². The summed E-state index contributed by atoms with van der Waals surface area (Å²) in [5.74, 6) is 0.911. The number of likely N-dealkylation sites (tertiary alicyclic amines) is 1. The van der Waals surface area contributed by atoms with Crippen molar-refractivity contribution in [1.29, 1.82) is 0 Å². The van der Waals surface area contributed by atoms with Crippen LogP contribution < -0.4 is 5.32 Å². The molecule has 1 aliphatic heterocycles. The number of fused-ring (bicyclic) bond motifs is 1. The van der Waals surface area contributed by atoms with Gasteiger partial charge in [-0.05, 0) is 64.7 Å². The van der Waals surface area contributed by atoms with Crippen LogP contribution in [0.4, 0.5) is 0 Å². The molecule has 0 bridgehead atoms. The van der Waals surface area contributed by atoms with Gasteiger partial charge in [0.25, 0.3) is 0 Å². The Kier molecular flexibility index (Phi) is 7.73. The van der Waals surface area contributed by atoms with E-state index in [2.05, 4.69) is 5.32 Å². The first kappa shape index (κ1) is 22.2. The Morgan fingerprint density at radius 3 is 2.30 bits per heavy atom. The Labute approximate surface area is 165 Å². The standard InChI is InChI=1S/C22H40N2O3/c1-6-15(12-18(25)7-2)21(27)24-14-17-11-9-8-10-16(17)13-19(24)20(26)23-22(3,4)5/h15-19,25H,6-14H2,1-5H3,(H,23,26)/t15-,16+,17-,18-,19+/m1/s1. The Morgan fingerprint density at radius 2 is 1.74 bits per heavy atom. The molecule has 2 aliphatic rings. The first-order chi connectivity index (χ1) is 12.7. The maximum atomic E-state index is 13.4. The highest BCUT2D eigenvalue weighted by atomic mass is 16.3. The predicted octanol–water partition coefficient (Wildman–Crippen LogP) is 3.50. The fraction of sp³-hybridized carbons (Fsp3) is 0.909. The third-order valence-corrected chi connectivity index (χ3v) is 6.35. The molecule has 2 amide bonds. The molecule has 1 saturated carbocycles. The van der Waals surface area contributed by atoms with E-state index >= 15 is 0 Å². The second-order valence-electron chi connectivity index (χ2n) is 9.69. The topological polar surface area (TPSA) is 69.6 Å². The first-order valence-corrected chi connectivity index (χ1v) is 11.0. The monoisotopic (exact) mass is 380 g/mol. The summed E-state index contributed by atoms with van der Waals surface area (Å²) in [4.78, 5) is 28.3. The number of nitrogens with one attached hydrogen (secondary N) is 1.